The summed E-state index contributed by atoms with van der Waals surface area (Å²) in [6, 6.07) is 1.24. The van der Waals surface area contributed by atoms with Crippen molar-refractivity contribution in [1.29, 1.82) is 0 Å². The van der Waals surface area contributed by atoms with Gasteiger partial charge in [0.2, 0.25) is 0 Å². The molecule has 0 aromatic carbocycles. The molecule has 0 bridgehead atoms. The Morgan fingerprint density at radius 3 is 2.54 bits per heavy atom. The fourth-order valence-corrected chi connectivity index (χ4v) is 0.756. The second-order valence-corrected chi connectivity index (χ2v) is 2.21. The Bertz CT molecular complexity index is 304. The predicted octanol–water partition coefficient (Wildman–Crippen LogP) is 2.25. The minimum Gasteiger partial charge on any atom is -0.393 e. The number of nitrogen functional groups attached to an aromatic ring is 1. The Morgan fingerprint density at radius 1 is 1.62 bits per heavy atom. The number of halogens is 1. The molecule has 0 spiro atoms. The third-order valence-corrected chi connectivity index (χ3v) is 1.28. The molecule has 2 N–H and O–H groups in total. The molecule has 0 atom stereocenters. The van der Waals surface area contributed by atoms with Gasteiger partial charge < -0.3 is 5.73 Å². The van der Waals surface area contributed by atoms with Crippen LogP contribution >= 0.6 is 11.6 Å². The summed E-state index contributed by atoms with van der Waals surface area (Å²) in [5, 5.41) is 10.3. The third kappa shape index (κ3) is 3.25. The maximum absolute atomic E-state index is 10.2. The first kappa shape index (κ1) is 11.6. The summed E-state index contributed by atoms with van der Waals surface area (Å²) in [5.41, 5.74) is 5.05. The normalized spacial score (nSPS) is 8.54. The van der Waals surface area contributed by atoms with Crippen molar-refractivity contribution in [2.24, 2.45) is 0 Å². The molecule has 72 valence electrons. The monoisotopic (exact) mass is 203 g/mol. The largest absolute Gasteiger partial charge is 0.393 e. The van der Waals surface area contributed by atoms with E-state index in [1.165, 1.54) is 6.07 Å². The van der Waals surface area contributed by atoms with Gasteiger partial charge in [0.25, 0.3) is 0 Å². The second kappa shape index (κ2) is 5.31. The highest BCUT2D eigenvalue weighted by Crippen LogP contribution is 2.21. The van der Waals surface area contributed by atoms with Gasteiger partial charge in [-0.1, -0.05) is 25.4 Å². The summed E-state index contributed by atoms with van der Waals surface area (Å²) in [5.74, 6) is 0. The van der Waals surface area contributed by atoms with Crippen LogP contribution < -0.4 is 5.73 Å². The topological polar surface area (TPSA) is 82.0 Å². The van der Waals surface area contributed by atoms with Crippen LogP contribution in [0.15, 0.2) is 12.3 Å². The van der Waals surface area contributed by atoms with Gasteiger partial charge in [0.1, 0.15) is 17.0 Å². The van der Waals surface area contributed by atoms with Crippen LogP contribution in [0, 0.1) is 10.1 Å². The SMILES string of the molecule is CC.Nc1cc(Cl)ncc1[N+](=O)[O-]. The molecule has 13 heavy (non-hydrogen) atoms. The van der Waals surface area contributed by atoms with Crippen LogP contribution in [-0.4, -0.2) is 9.91 Å². The molecule has 0 saturated heterocycles. The number of hydrogen-bond acceptors (Lipinski definition) is 4. The fourth-order valence-electron chi connectivity index (χ4n) is 0.589. The average molecular weight is 204 g/mol. The van der Waals surface area contributed by atoms with Crippen LogP contribution in [0.5, 0.6) is 0 Å². The van der Waals surface area contributed by atoms with Gasteiger partial charge in [-0.25, -0.2) is 4.98 Å². The van der Waals surface area contributed by atoms with Gasteiger partial charge >= 0.3 is 5.69 Å². The lowest BCUT2D eigenvalue weighted by atomic mass is 10.4. The van der Waals surface area contributed by atoms with E-state index in [4.69, 9.17) is 17.3 Å². The van der Waals surface area contributed by atoms with Crippen molar-refractivity contribution >= 4 is 23.0 Å². The zero-order chi connectivity index (χ0) is 10.4. The highest BCUT2D eigenvalue weighted by atomic mass is 35.5. The second-order valence-electron chi connectivity index (χ2n) is 1.82. The molecule has 0 aliphatic heterocycles. The van der Waals surface area contributed by atoms with Gasteiger partial charge in [-0.15, -0.1) is 0 Å². The van der Waals surface area contributed by atoms with E-state index in [2.05, 4.69) is 4.98 Å². The molecule has 0 fully saturated rings. The van der Waals surface area contributed by atoms with E-state index in [-0.39, 0.29) is 16.5 Å². The Hall–Kier alpha value is -1.36. The van der Waals surface area contributed by atoms with Crippen LogP contribution in [0.2, 0.25) is 5.15 Å². The lowest BCUT2D eigenvalue weighted by Crippen LogP contribution is -1.96. The van der Waals surface area contributed by atoms with Gasteiger partial charge in [0, 0.05) is 6.07 Å². The van der Waals surface area contributed by atoms with E-state index in [0.717, 1.165) is 6.20 Å². The molecule has 1 heterocycles. The van der Waals surface area contributed by atoms with Gasteiger partial charge in [0.15, 0.2) is 0 Å². The highest BCUT2D eigenvalue weighted by molar-refractivity contribution is 6.29. The van der Waals surface area contributed by atoms with E-state index in [0.29, 0.717) is 0 Å². The smallest absolute Gasteiger partial charge is 0.310 e. The van der Waals surface area contributed by atoms with Gasteiger partial charge in [-0.2, -0.15) is 0 Å². The predicted molar refractivity (Wildman–Crippen MR) is 51.7 cm³/mol. The molecule has 0 aliphatic rings. The molecule has 0 amide bonds. The zero-order valence-electron chi connectivity index (χ0n) is 7.32. The van der Waals surface area contributed by atoms with Crippen molar-refractivity contribution in [2.75, 3.05) is 5.73 Å². The summed E-state index contributed by atoms with van der Waals surface area (Å²) in [7, 11) is 0. The molecule has 1 aromatic rings. The van der Waals surface area contributed by atoms with Crippen LogP contribution in [0.4, 0.5) is 11.4 Å². The van der Waals surface area contributed by atoms with Crippen LogP contribution in [-0.2, 0) is 0 Å². The maximum Gasteiger partial charge on any atom is 0.310 e. The number of nitrogens with zero attached hydrogens (tertiary/aromatic N) is 2. The summed E-state index contributed by atoms with van der Waals surface area (Å²) >= 11 is 5.41. The van der Waals surface area contributed by atoms with Crippen LogP contribution in [0.25, 0.3) is 0 Å². The molecule has 5 nitrogen and oxygen atoms in total. The number of anilines is 1. The number of nitro groups is 1. The van der Waals surface area contributed by atoms with Crippen molar-refractivity contribution in [3.63, 3.8) is 0 Å². The minimum absolute atomic E-state index is 0.0231. The third-order valence-electron chi connectivity index (χ3n) is 1.08. The number of rotatable bonds is 1. The van der Waals surface area contributed by atoms with Gasteiger partial charge in [-0.05, 0) is 0 Å². The van der Waals surface area contributed by atoms with Crippen molar-refractivity contribution < 1.29 is 4.92 Å². The number of pyridine rings is 1. The van der Waals surface area contributed by atoms with Gasteiger partial charge in [-0.3, -0.25) is 10.1 Å². The van der Waals surface area contributed by atoms with Crippen molar-refractivity contribution in [2.45, 2.75) is 13.8 Å². The number of hydrogen-bond donors (Lipinski definition) is 1. The fraction of sp³-hybridized carbons (Fsp3) is 0.286. The molecule has 1 rings (SSSR count). The first-order chi connectivity index (χ1) is 6.11. The van der Waals surface area contributed by atoms with E-state index in [1.54, 1.807) is 0 Å². The minimum atomic E-state index is -0.612. The lowest BCUT2D eigenvalue weighted by Gasteiger charge is -1.94. The summed E-state index contributed by atoms with van der Waals surface area (Å²) in [6.07, 6.45) is 1.03. The Kier molecular flexibility index (Phi) is 4.76. The quantitative estimate of drug-likeness (QED) is 0.431. The van der Waals surface area contributed by atoms with E-state index < -0.39 is 4.92 Å². The van der Waals surface area contributed by atoms with Crippen molar-refractivity contribution in [3.05, 3.63) is 27.5 Å². The summed E-state index contributed by atoms with van der Waals surface area (Å²) in [6.45, 7) is 4.00. The molecular formula is C7H10ClN3O2. The van der Waals surface area contributed by atoms with Gasteiger partial charge in [0.05, 0.1) is 4.92 Å². The standard InChI is InChI=1S/C5H4ClN3O2.C2H6/c6-5-1-3(7)4(2-8-5)9(10)11;1-2/h1-2H,(H2,7,8);1-2H3. The van der Waals surface area contributed by atoms with E-state index >= 15 is 0 Å². The van der Waals surface area contributed by atoms with Crippen LogP contribution in [0.3, 0.4) is 0 Å². The summed E-state index contributed by atoms with van der Waals surface area (Å²) in [4.78, 5) is 13.1. The molecular weight excluding hydrogens is 194 g/mol. The van der Waals surface area contributed by atoms with E-state index in [9.17, 15) is 10.1 Å². The van der Waals surface area contributed by atoms with E-state index in [1.807, 2.05) is 13.8 Å². The molecule has 0 saturated carbocycles. The first-order valence-electron chi connectivity index (χ1n) is 3.66. The maximum atomic E-state index is 10.2. The molecule has 1 aromatic heterocycles. The number of nitrogens with two attached hydrogens (primary N) is 1. The molecule has 6 heteroatoms. The van der Waals surface area contributed by atoms with Crippen molar-refractivity contribution in [3.8, 4) is 0 Å². The molecule has 0 radical (unpaired) electrons. The highest BCUT2D eigenvalue weighted by Gasteiger charge is 2.10. The van der Waals surface area contributed by atoms with Crippen molar-refractivity contribution in [1.82, 2.24) is 4.98 Å². The average Bonchev–Trinajstić information content (AvgIpc) is 2.07. The Morgan fingerprint density at radius 2 is 2.15 bits per heavy atom. The number of aromatic nitrogens is 1. The molecule has 0 unspecified atom stereocenters. The summed E-state index contributed by atoms with van der Waals surface area (Å²) < 4.78 is 0. The van der Waals surface area contributed by atoms with Crippen LogP contribution in [0.1, 0.15) is 13.8 Å². The Labute approximate surface area is 80.7 Å². The Balaban J connectivity index is 0.000000671. The molecule has 0 aliphatic carbocycles. The first-order valence-corrected chi connectivity index (χ1v) is 4.04. The zero-order valence-corrected chi connectivity index (χ0v) is 8.08. The lowest BCUT2D eigenvalue weighted by molar-refractivity contribution is -0.384.